The molecule has 2 aliphatic rings. The first kappa shape index (κ1) is 24.9. The minimum Gasteiger partial charge on any atom is -0.491 e. The number of aryl methyl sites for hydroxylation is 1. The summed E-state index contributed by atoms with van der Waals surface area (Å²) in [6.45, 7) is 5.85. The van der Waals surface area contributed by atoms with Gasteiger partial charge in [0, 0.05) is 23.9 Å². The number of rotatable bonds is 8. The lowest BCUT2D eigenvalue weighted by atomic mass is 9.93. The first-order valence-electron chi connectivity index (χ1n) is 12.9. The summed E-state index contributed by atoms with van der Waals surface area (Å²) in [6.07, 6.45) is 1.77. The number of hydrogen-bond donors (Lipinski definition) is 2. The second kappa shape index (κ2) is 9.73. The normalized spacial score (nSPS) is 17.8. The van der Waals surface area contributed by atoms with Gasteiger partial charge in [0.15, 0.2) is 17.1 Å². The van der Waals surface area contributed by atoms with Gasteiger partial charge in [-0.15, -0.1) is 5.10 Å². The van der Waals surface area contributed by atoms with Crippen LogP contribution in [0.2, 0.25) is 0 Å². The van der Waals surface area contributed by atoms with Crippen LogP contribution in [0.5, 0.6) is 5.75 Å². The van der Waals surface area contributed by atoms with Crippen molar-refractivity contribution in [2.75, 3.05) is 37.7 Å². The maximum Gasteiger partial charge on any atom is 0.410 e. The number of carbonyl (C=O) groups is 1. The molecule has 4 aromatic rings. The highest BCUT2D eigenvalue weighted by atomic mass is 16.6. The van der Waals surface area contributed by atoms with Gasteiger partial charge in [-0.25, -0.2) is 14.3 Å². The number of benzene rings is 1. The number of pyridine rings is 2. The van der Waals surface area contributed by atoms with E-state index in [4.69, 9.17) is 9.47 Å². The average molecular weight is 531 g/mol. The number of amides is 1. The van der Waals surface area contributed by atoms with Gasteiger partial charge < -0.3 is 29.4 Å². The number of hydrogen-bond acceptors (Lipinski definition) is 8. The minimum atomic E-state index is -1.08. The SMILES string of the molecule is Cc1cc(OC[C@H](C)c2ccccc2)cn2nc(C(O)CN3CC4(CN(c5cc[nH]c(=O)c5)C4)OC3=O)nc12. The molecule has 1 aromatic carbocycles. The number of β-amino-alcohol motifs (C(OH)–C–C–N with tert-alkyl or cyclic N) is 1. The zero-order valence-corrected chi connectivity index (χ0v) is 21.8. The number of aromatic nitrogens is 4. The van der Waals surface area contributed by atoms with E-state index in [1.165, 1.54) is 16.5 Å². The molecule has 2 aliphatic heterocycles. The van der Waals surface area contributed by atoms with Crippen LogP contribution in [0.3, 0.4) is 0 Å². The van der Waals surface area contributed by atoms with Crippen LogP contribution in [0.25, 0.3) is 5.65 Å². The van der Waals surface area contributed by atoms with Gasteiger partial charge in [0.2, 0.25) is 5.56 Å². The van der Waals surface area contributed by atoms with Gasteiger partial charge in [-0.2, -0.15) is 0 Å². The molecule has 0 saturated carbocycles. The maximum atomic E-state index is 12.6. The summed E-state index contributed by atoms with van der Waals surface area (Å²) in [5.74, 6) is 1.10. The fourth-order valence-corrected chi connectivity index (χ4v) is 5.20. The first-order valence-corrected chi connectivity index (χ1v) is 12.9. The van der Waals surface area contributed by atoms with E-state index in [0.717, 1.165) is 11.3 Å². The lowest BCUT2D eigenvalue weighted by molar-refractivity contribution is 0.0332. The van der Waals surface area contributed by atoms with Crippen molar-refractivity contribution in [3.63, 3.8) is 0 Å². The highest BCUT2D eigenvalue weighted by molar-refractivity contribution is 5.72. The van der Waals surface area contributed by atoms with Crippen molar-refractivity contribution in [3.05, 3.63) is 88.2 Å². The maximum absolute atomic E-state index is 12.6. The Morgan fingerprint density at radius 3 is 2.72 bits per heavy atom. The van der Waals surface area contributed by atoms with Gasteiger partial charge in [-0.3, -0.25) is 4.79 Å². The lowest BCUT2D eigenvalue weighted by Crippen LogP contribution is -2.64. The molecular weight excluding hydrogens is 500 g/mol. The molecule has 6 rings (SSSR count). The van der Waals surface area contributed by atoms with Crippen molar-refractivity contribution in [3.8, 4) is 5.75 Å². The van der Waals surface area contributed by atoms with E-state index in [-0.39, 0.29) is 23.8 Å². The van der Waals surface area contributed by atoms with Crippen LogP contribution >= 0.6 is 0 Å². The second-order valence-corrected chi connectivity index (χ2v) is 10.4. The molecule has 2 N–H and O–H groups in total. The Morgan fingerprint density at radius 2 is 1.95 bits per heavy atom. The molecule has 5 heterocycles. The van der Waals surface area contributed by atoms with E-state index in [1.807, 2.05) is 42.2 Å². The molecule has 11 heteroatoms. The molecular formula is C28H30N6O5. The van der Waals surface area contributed by atoms with E-state index in [0.29, 0.717) is 37.6 Å². The van der Waals surface area contributed by atoms with Gasteiger partial charge in [0.1, 0.15) is 11.9 Å². The largest absolute Gasteiger partial charge is 0.491 e. The number of aliphatic hydroxyl groups is 1. The van der Waals surface area contributed by atoms with Crippen LogP contribution < -0.4 is 15.2 Å². The number of ether oxygens (including phenoxy) is 2. The summed E-state index contributed by atoms with van der Waals surface area (Å²) in [5.41, 5.74) is 2.61. The van der Waals surface area contributed by atoms with Crippen LogP contribution in [-0.2, 0) is 4.74 Å². The van der Waals surface area contributed by atoms with Gasteiger partial charge >= 0.3 is 6.09 Å². The fourth-order valence-electron chi connectivity index (χ4n) is 5.20. The van der Waals surface area contributed by atoms with Crippen molar-refractivity contribution in [1.82, 2.24) is 24.5 Å². The Kier molecular flexibility index (Phi) is 6.22. The van der Waals surface area contributed by atoms with E-state index >= 15 is 0 Å². The van der Waals surface area contributed by atoms with Crippen LogP contribution in [0.1, 0.15) is 35.9 Å². The molecule has 0 bridgehead atoms. The number of nitrogens with one attached hydrogen (secondary N) is 1. The van der Waals surface area contributed by atoms with Crippen LogP contribution in [0, 0.1) is 6.92 Å². The van der Waals surface area contributed by atoms with E-state index in [1.54, 1.807) is 16.9 Å². The zero-order valence-electron chi connectivity index (χ0n) is 21.8. The third-order valence-electron chi connectivity index (χ3n) is 7.29. The predicted molar refractivity (Wildman–Crippen MR) is 143 cm³/mol. The number of fused-ring (bicyclic) bond motifs is 1. The molecule has 0 aliphatic carbocycles. The highest BCUT2D eigenvalue weighted by Crippen LogP contribution is 2.35. The smallest absolute Gasteiger partial charge is 0.410 e. The molecule has 2 fully saturated rings. The van der Waals surface area contributed by atoms with Gasteiger partial charge in [0.25, 0.3) is 0 Å². The van der Waals surface area contributed by atoms with Crippen molar-refractivity contribution in [1.29, 1.82) is 0 Å². The summed E-state index contributed by atoms with van der Waals surface area (Å²) in [4.78, 5) is 34.8. The van der Waals surface area contributed by atoms with E-state index < -0.39 is 17.8 Å². The van der Waals surface area contributed by atoms with E-state index in [9.17, 15) is 14.7 Å². The van der Waals surface area contributed by atoms with Crippen LogP contribution in [0.15, 0.2) is 65.7 Å². The molecule has 39 heavy (non-hydrogen) atoms. The molecule has 2 atom stereocenters. The molecule has 1 spiro atoms. The number of carbonyl (C=O) groups excluding carboxylic acids is 1. The Hall–Kier alpha value is -4.38. The standard InChI is InChI=1S/C28H30N6O5/c1-18-10-22(38-14-19(2)20-6-4-3-5-7-20)12-34-26(18)30-25(31-34)23(35)13-32-15-28(39-27(32)37)16-33(17-28)21-8-9-29-24(36)11-21/h3-12,19,23,35H,13-17H2,1-2H3,(H,29,36)/t19-,23?/m0/s1. The second-order valence-electron chi connectivity index (χ2n) is 10.4. The van der Waals surface area contributed by atoms with Crippen molar-refractivity contribution in [2.24, 2.45) is 0 Å². The van der Waals surface area contributed by atoms with E-state index in [2.05, 4.69) is 34.1 Å². The van der Waals surface area contributed by atoms with Crippen LogP contribution in [0.4, 0.5) is 10.5 Å². The minimum absolute atomic E-state index is 0.0134. The number of H-pyrrole nitrogens is 1. The van der Waals surface area contributed by atoms with Crippen molar-refractivity contribution >= 4 is 17.4 Å². The third kappa shape index (κ3) is 4.92. The highest BCUT2D eigenvalue weighted by Gasteiger charge is 2.54. The molecule has 1 unspecified atom stereocenters. The summed E-state index contributed by atoms with van der Waals surface area (Å²) in [7, 11) is 0. The number of aromatic amines is 1. The van der Waals surface area contributed by atoms with Crippen molar-refractivity contribution in [2.45, 2.75) is 31.5 Å². The lowest BCUT2D eigenvalue weighted by Gasteiger charge is -2.46. The van der Waals surface area contributed by atoms with Gasteiger partial charge in [-0.1, -0.05) is 37.3 Å². The topological polar surface area (TPSA) is 125 Å². The van der Waals surface area contributed by atoms with Crippen molar-refractivity contribution < 1.29 is 19.4 Å². The molecule has 1 amide bonds. The molecule has 2 saturated heterocycles. The van der Waals surface area contributed by atoms with Gasteiger partial charge in [0.05, 0.1) is 39.0 Å². The first-order chi connectivity index (χ1) is 18.8. The number of nitrogens with zero attached hydrogens (tertiary/aromatic N) is 5. The average Bonchev–Trinajstić information content (AvgIpc) is 3.49. The quantitative estimate of drug-likeness (QED) is 0.356. The van der Waals surface area contributed by atoms with Crippen LogP contribution in [-0.4, -0.2) is 74.1 Å². The third-order valence-corrected chi connectivity index (χ3v) is 7.29. The Bertz CT molecular complexity index is 1560. The Labute approximate surface area is 224 Å². The molecule has 11 nitrogen and oxygen atoms in total. The number of anilines is 1. The summed E-state index contributed by atoms with van der Waals surface area (Å²) >= 11 is 0. The number of aliphatic hydroxyl groups excluding tert-OH is 1. The summed E-state index contributed by atoms with van der Waals surface area (Å²) < 4.78 is 13.3. The monoisotopic (exact) mass is 530 g/mol. The summed E-state index contributed by atoms with van der Waals surface area (Å²) in [6, 6.07) is 15.4. The summed E-state index contributed by atoms with van der Waals surface area (Å²) in [5, 5.41) is 15.4. The Morgan fingerprint density at radius 1 is 1.15 bits per heavy atom. The molecule has 3 aromatic heterocycles. The molecule has 202 valence electrons. The van der Waals surface area contributed by atoms with Gasteiger partial charge in [-0.05, 0) is 30.2 Å². The fraction of sp³-hybridized carbons (Fsp3) is 0.357. The molecule has 0 radical (unpaired) electrons. The Balaban J connectivity index is 1.09. The zero-order chi connectivity index (χ0) is 27.1. The predicted octanol–water partition coefficient (Wildman–Crippen LogP) is 2.65.